The van der Waals surface area contributed by atoms with Crippen molar-refractivity contribution in [1.29, 1.82) is 0 Å². The van der Waals surface area contributed by atoms with Gasteiger partial charge < -0.3 is 17.3 Å². The normalized spacial score (nSPS) is 10.0. The van der Waals surface area contributed by atoms with E-state index in [0.717, 1.165) is 0 Å². The monoisotopic (exact) mass is 280 g/mol. The van der Waals surface area contributed by atoms with E-state index in [-0.39, 0.29) is 20.1 Å². The van der Waals surface area contributed by atoms with Crippen molar-refractivity contribution in [2.45, 2.75) is 0 Å². The third-order valence-electron chi connectivity index (χ3n) is 0. The van der Waals surface area contributed by atoms with Gasteiger partial charge in [0.1, 0.15) is 0 Å². The van der Waals surface area contributed by atoms with Crippen LogP contribution in [0.4, 0.5) is 17.3 Å². The molecule has 0 saturated heterocycles. The molecule has 0 rings (SSSR count). The van der Waals surface area contributed by atoms with Gasteiger partial charge in [-0.15, -0.1) is 0 Å². The van der Waals surface area contributed by atoms with Crippen molar-refractivity contribution in [3.05, 3.63) is 0 Å². The Balaban J connectivity index is 0. The summed E-state index contributed by atoms with van der Waals surface area (Å²) in [6, 6.07) is 0. The number of rotatable bonds is 0. The summed E-state index contributed by atoms with van der Waals surface area (Å²) in [5.74, 6) is 0. The van der Waals surface area contributed by atoms with Crippen LogP contribution in [0.1, 0.15) is 0 Å². The van der Waals surface area contributed by atoms with Crippen molar-refractivity contribution >= 4 is 7.25 Å². The molecule has 0 radical (unpaired) electrons. The topological polar surface area (TPSA) is 0 Å². The number of hydrogen-bond acceptors (Lipinski definition) is 0. The van der Waals surface area contributed by atoms with E-state index in [9.17, 15) is 17.3 Å². The molecule has 0 N–H and O–H groups in total. The fourth-order valence-corrected chi connectivity index (χ4v) is 0. The fourth-order valence-electron chi connectivity index (χ4n) is 0. The van der Waals surface area contributed by atoms with E-state index in [1.807, 2.05) is 0 Å². The second-order valence-electron chi connectivity index (χ2n) is 0.495. The molecular formula is BF4Ir. The fraction of sp³-hybridized carbons (Fsp3) is 0. The maximum absolute atomic E-state index is 9.75. The molecule has 0 atom stereocenters. The molecule has 0 aliphatic heterocycles. The molecule has 0 fully saturated rings. The molecule has 0 aromatic carbocycles. The molecule has 0 bridgehead atoms. The largest absolute Gasteiger partial charge is 1.00 e. The van der Waals surface area contributed by atoms with Gasteiger partial charge >= 0.3 is 27.4 Å². The Morgan fingerprint density at radius 1 is 0.833 bits per heavy atom. The first-order valence-corrected chi connectivity index (χ1v) is 0.873. The second kappa shape index (κ2) is 2.58. The Morgan fingerprint density at radius 2 is 0.833 bits per heavy atom. The van der Waals surface area contributed by atoms with Crippen molar-refractivity contribution in [3.8, 4) is 0 Å². The molecule has 0 aliphatic carbocycles. The molecule has 40 valence electrons. The van der Waals surface area contributed by atoms with Crippen LogP contribution < -0.4 is 0 Å². The van der Waals surface area contributed by atoms with E-state index in [0.29, 0.717) is 0 Å². The van der Waals surface area contributed by atoms with Crippen LogP contribution >= 0.6 is 0 Å². The number of hydrogen-bond donors (Lipinski definition) is 0. The average Bonchev–Trinajstić information content (AvgIpc) is 0.722. The zero-order valence-corrected chi connectivity index (χ0v) is 4.82. The molecule has 0 amide bonds. The Hall–Kier alpha value is 0.434. The molecule has 0 unspecified atom stereocenters. The predicted octanol–water partition coefficient (Wildman–Crippen LogP) is 1.30. The Morgan fingerprint density at radius 3 is 0.833 bits per heavy atom. The average molecular weight is 279 g/mol. The Bertz CT molecular complexity index is 23.0. The van der Waals surface area contributed by atoms with Crippen molar-refractivity contribution < 1.29 is 37.4 Å². The molecule has 6 heteroatoms. The van der Waals surface area contributed by atoms with Crippen LogP contribution in [0.2, 0.25) is 0 Å². The zero-order valence-electron chi connectivity index (χ0n) is 2.42. The van der Waals surface area contributed by atoms with E-state index in [1.54, 1.807) is 0 Å². The van der Waals surface area contributed by atoms with Crippen LogP contribution in [0.5, 0.6) is 0 Å². The van der Waals surface area contributed by atoms with Crippen molar-refractivity contribution in [2.75, 3.05) is 0 Å². The third kappa shape index (κ3) is 277. The van der Waals surface area contributed by atoms with Gasteiger partial charge in [-0.1, -0.05) is 0 Å². The summed E-state index contributed by atoms with van der Waals surface area (Å²) < 4.78 is 39.0. The second-order valence-corrected chi connectivity index (χ2v) is 0.495. The zero-order chi connectivity index (χ0) is 4.50. The van der Waals surface area contributed by atoms with Crippen LogP contribution in [-0.2, 0) is 20.1 Å². The van der Waals surface area contributed by atoms with Gasteiger partial charge in [-0.05, 0) is 0 Å². The summed E-state index contributed by atoms with van der Waals surface area (Å²) in [5.41, 5.74) is 0. The van der Waals surface area contributed by atoms with Crippen LogP contribution in [0.25, 0.3) is 0 Å². The molecule has 0 aliphatic rings. The van der Waals surface area contributed by atoms with Crippen molar-refractivity contribution in [1.82, 2.24) is 0 Å². The molecule has 0 spiro atoms. The quantitative estimate of drug-likeness (QED) is 0.463. The van der Waals surface area contributed by atoms with Gasteiger partial charge in [0.25, 0.3) is 0 Å². The van der Waals surface area contributed by atoms with E-state index in [2.05, 4.69) is 0 Å². The summed E-state index contributed by atoms with van der Waals surface area (Å²) in [7, 11) is -6.00. The number of halogens is 4. The maximum atomic E-state index is 9.75. The van der Waals surface area contributed by atoms with E-state index in [1.165, 1.54) is 0 Å². The smallest absolute Gasteiger partial charge is 0.418 e. The minimum Gasteiger partial charge on any atom is -0.418 e. The Kier molecular flexibility index (Phi) is 4.16. The standard InChI is InChI=1S/BF4.Ir/c2-1(3,4)5;/q-1;+1. The predicted molar refractivity (Wildman–Crippen MR) is 10.2 cm³/mol. The van der Waals surface area contributed by atoms with Gasteiger partial charge in [-0.25, -0.2) is 0 Å². The first-order valence-electron chi connectivity index (χ1n) is 0.873. The minimum absolute atomic E-state index is 0. The van der Waals surface area contributed by atoms with Gasteiger partial charge in [0, 0.05) is 0 Å². The van der Waals surface area contributed by atoms with Crippen LogP contribution in [0.3, 0.4) is 0 Å². The molecule has 0 saturated carbocycles. The Labute approximate surface area is 45.4 Å². The van der Waals surface area contributed by atoms with Crippen LogP contribution in [0, 0.1) is 0 Å². The first kappa shape index (κ1) is 9.66. The van der Waals surface area contributed by atoms with Gasteiger partial charge in [0.15, 0.2) is 0 Å². The SMILES string of the molecule is F[B-](F)(F)F.[Ir+]. The van der Waals surface area contributed by atoms with E-state index >= 15 is 0 Å². The molecular weight excluding hydrogens is 279 g/mol. The van der Waals surface area contributed by atoms with Gasteiger partial charge in [0.2, 0.25) is 0 Å². The van der Waals surface area contributed by atoms with E-state index in [4.69, 9.17) is 0 Å². The van der Waals surface area contributed by atoms with Crippen LogP contribution in [-0.4, -0.2) is 7.25 Å². The molecule has 0 heterocycles. The first-order chi connectivity index (χ1) is 2.00. The van der Waals surface area contributed by atoms with Crippen molar-refractivity contribution in [2.24, 2.45) is 0 Å². The van der Waals surface area contributed by atoms with Gasteiger partial charge in [-0.3, -0.25) is 0 Å². The third-order valence-corrected chi connectivity index (χ3v) is 0. The molecule has 0 aromatic rings. The van der Waals surface area contributed by atoms with Crippen LogP contribution in [0.15, 0.2) is 0 Å². The minimum atomic E-state index is -6.00. The molecule has 0 nitrogen and oxygen atoms in total. The van der Waals surface area contributed by atoms with Gasteiger partial charge in [-0.2, -0.15) is 0 Å². The molecule has 6 heavy (non-hydrogen) atoms. The molecule has 0 aromatic heterocycles. The summed E-state index contributed by atoms with van der Waals surface area (Å²) in [6.07, 6.45) is 0. The summed E-state index contributed by atoms with van der Waals surface area (Å²) >= 11 is 0. The maximum Gasteiger partial charge on any atom is 1.00 e. The van der Waals surface area contributed by atoms with E-state index < -0.39 is 7.25 Å². The summed E-state index contributed by atoms with van der Waals surface area (Å²) in [5, 5.41) is 0. The van der Waals surface area contributed by atoms with Crippen molar-refractivity contribution in [3.63, 3.8) is 0 Å². The summed E-state index contributed by atoms with van der Waals surface area (Å²) in [4.78, 5) is 0. The van der Waals surface area contributed by atoms with Gasteiger partial charge in [0.05, 0.1) is 0 Å². The summed E-state index contributed by atoms with van der Waals surface area (Å²) in [6.45, 7) is 0.